The van der Waals surface area contributed by atoms with Crippen LogP contribution in [-0.2, 0) is 15.8 Å². The molecule has 5 nitrogen and oxygen atoms in total. The third kappa shape index (κ3) is 5.46. The third-order valence-corrected chi connectivity index (χ3v) is 6.12. The standard InChI is InChI=1S/C19H13Cl3F3N3O2S/c1-26-18(27-11-2-3-14(22)13(7-11)19(23,24)25)31-15-8-16(29)28(17(15)30)12-5-9(20)4-10(21)6-12/h2-7,15H,8H2,1H3,(H,26,27)/t15-/m0/s1. The number of carbonyl (C=O) groups excluding carboxylic acids is 2. The summed E-state index contributed by atoms with van der Waals surface area (Å²) in [7, 11) is 1.41. The van der Waals surface area contributed by atoms with Gasteiger partial charge >= 0.3 is 6.18 Å². The SMILES string of the molecule is CN=C(Nc1ccc(Cl)c(C(F)(F)F)c1)S[C@H]1CC(=O)N(c2cc(Cl)cc(Cl)c2)C1=O. The number of carbonyl (C=O) groups is 2. The van der Waals surface area contributed by atoms with Gasteiger partial charge in [-0.1, -0.05) is 46.6 Å². The first-order chi connectivity index (χ1) is 14.5. The molecule has 31 heavy (non-hydrogen) atoms. The lowest BCUT2D eigenvalue weighted by Gasteiger charge is -2.17. The zero-order valence-corrected chi connectivity index (χ0v) is 18.7. The second-order valence-corrected chi connectivity index (χ2v) is 8.82. The normalized spacial score (nSPS) is 17.5. The Morgan fingerprint density at radius 1 is 1.13 bits per heavy atom. The van der Waals surface area contributed by atoms with Crippen LogP contribution in [0.15, 0.2) is 41.4 Å². The molecule has 0 aliphatic carbocycles. The summed E-state index contributed by atoms with van der Waals surface area (Å²) in [5, 5.41) is 2.16. The molecule has 2 aromatic carbocycles. The molecule has 0 saturated carbocycles. The molecule has 1 heterocycles. The van der Waals surface area contributed by atoms with Gasteiger partial charge in [0, 0.05) is 29.2 Å². The summed E-state index contributed by atoms with van der Waals surface area (Å²) in [6.07, 6.45) is -4.75. The van der Waals surface area contributed by atoms with Gasteiger partial charge in [-0.25, -0.2) is 4.90 Å². The van der Waals surface area contributed by atoms with Crippen LogP contribution in [-0.4, -0.2) is 29.3 Å². The van der Waals surface area contributed by atoms with E-state index in [4.69, 9.17) is 34.8 Å². The van der Waals surface area contributed by atoms with Crippen molar-refractivity contribution in [3.8, 4) is 0 Å². The Kier molecular flexibility index (Phi) is 7.10. The second kappa shape index (κ2) is 9.28. The van der Waals surface area contributed by atoms with Crippen molar-refractivity contribution >= 4 is 74.9 Å². The van der Waals surface area contributed by atoms with Crippen LogP contribution in [0.5, 0.6) is 0 Å². The number of aliphatic imine (C=N–C) groups is 1. The number of amides is 2. The van der Waals surface area contributed by atoms with Gasteiger partial charge in [0.05, 0.1) is 16.3 Å². The van der Waals surface area contributed by atoms with Gasteiger partial charge in [-0.15, -0.1) is 0 Å². The maximum atomic E-state index is 13.1. The molecule has 0 aromatic heterocycles. The Morgan fingerprint density at radius 2 is 1.77 bits per heavy atom. The fourth-order valence-corrected chi connectivity index (χ4v) is 4.58. The minimum Gasteiger partial charge on any atom is -0.335 e. The Labute approximate surface area is 194 Å². The van der Waals surface area contributed by atoms with Gasteiger partial charge in [-0.2, -0.15) is 13.2 Å². The molecule has 1 fully saturated rings. The molecular weight excluding hydrogens is 498 g/mol. The van der Waals surface area contributed by atoms with E-state index in [1.165, 1.54) is 31.3 Å². The number of amidine groups is 1. The molecule has 1 aliphatic heterocycles. The van der Waals surface area contributed by atoms with E-state index in [9.17, 15) is 22.8 Å². The largest absolute Gasteiger partial charge is 0.417 e. The summed E-state index contributed by atoms with van der Waals surface area (Å²) in [4.78, 5) is 30.2. The Morgan fingerprint density at radius 3 is 2.35 bits per heavy atom. The van der Waals surface area contributed by atoms with Crippen LogP contribution in [0.3, 0.4) is 0 Å². The highest BCUT2D eigenvalue weighted by atomic mass is 35.5. The topological polar surface area (TPSA) is 61.8 Å². The van der Waals surface area contributed by atoms with E-state index in [2.05, 4.69) is 10.3 Å². The van der Waals surface area contributed by atoms with Crippen LogP contribution in [0.2, 0.25) is 15.1 Å². The molecule has 2 amide bonds. The Balaban J connectivity index is 1.77. The summed E-state index contributed by atoms with van der Waals surface area (Å²) in [5.41, 5.74) is -0.679. The quantitative estimate of drug-likeness (QED) is 0.307. The lowest BCUT2D eigenvalue weighted by molar-refractivity contribution is -0.137. The fourth-order valence-electron chi connectivity index (χ4n) is 2.85. The van der Waals surface area contributed by atoms with Crippen molar-refractivity contribution in [2.24, 2.45) is 4.99 Å². The number of anilines is 2. The van der Waals surface area contributed by atoms with E-state index in [0.29, 0.717) is 0 Å². The van der Waals surface area contributed by atoms with Gasteiger partial charge in [-0.05, 0) is 36.4 Å². The van der Waals surface area contributed by atoms with Gasteiger partial charge in [0.25, 0.3) is 0 Å². The number of rotatable bonds is 3. The first-order valence-corrected chi connectivity index (χ1v) is 10.6. The number of benzene rings is 2. The molecule has 1 aliphatic rings. The Bertz CT molecular complexity index is 1060. The average Bonchev–Trinajstić information content (AvgIpc) is 2.94. The summed E-state index contributed by atoms with van der Waals surface area (Å²) in [6, 6.07) is 7.66. The van der Waals surface area contributed by atoms with Crippen molar-refractivity contribution in [3.63, 3.8) is 0 Å². The molecule has 0 spiro atoms. The first kappa shape index (κ1) is 23.7. The average molecular weight is 511 g/mol. The minimum absolute atomic E-state index is 0.0834. The number of halogens is 6. The molecule has 164 valence electrons. The van der Waals surface area contributed by atoms with Crippen molar-refractivity contribution in [1.82, 2.24) is 0 Å². The maximum Gasteiger partial charge on any atom is 0.417 e. The molecule has 1 saturated heterocycles. The molecular formula is C19H13Cl3F3N3O2S. The lowest BCUT2D eigenvalue weighted by atomic mass is 10.2. The first-order valence-electron chi connectivity index (χ1n) is 8.59. The van der Waals surface area contributed by atoms with Crippen molar-refractivity contribution in [3.05, 3.63) is 57.0 Å². The number of hydrogen-bond donors (Lipinski definition) is 1. The molecule has 2 aromatic rings. The Hall–Kier alpha value is -1.94. The number of imide groups is 1. The summed E-state index contributed by atoms with van der Waals surface area (Å²) in [5.74, 6) is -0.967. The smallest absolute Gasteiger partial charge is 0.335 e. The molecule has 0 radical (unpaired) electrons. The van der Waals surface area contributed by atoms with E-state index in [-0.39, 0.29) is 33.0 Å². The lowest BCUT2D eigenvalue weighted by Crippen LogP contribution is -2.31. The van der Waals surface area contributed by atoms with E-state index in [1.807, 2.05) is 0 Å². The van der Waals surface area contributed by atoms with Gasteiger partial charge < -0.3 is 5.32 Å². The summed E-state index contributed by atoms with van der Waals surface area (Å²) >= 11 is 18.5. The number of alkyl halides is 3. The molecule has 3 rings (SSSR count). The van der Waals surface area contributed by atoms with Crippen LogP contribution < -0.4 is 10.2 Å². The van der Waals surface area contributed by atoms with Gasteiger partial charge in [0.15, 0.2) is 5.17 Å². The second-order valence-electron chi connectivity index (χ2n) is 6.35. The van der Waals surface area contributed by atoms with Crippen LogP contribution in [0, 0.1) is 0 Å². The fraction of sp³-hybridized carbons (Fsp3) is 0.211. The highest BCUT2D eigenvalue weighted by molar-refractivity contribution is 8.15. The highest BCUT2D eigenvalue weighted by Crippen LogP contribution is 2.37. The van der Waals surface area contributed by atoms with E-state index >= 15 is 0 Å². The predicted octanol–water partition coefficient (Wildman–Crippen LogP) is 6.13. The van der Waals surface area contributed by atoms with Crippen molar-refractivity contribution in [2.45, 2.75) is 17.8 Å². The monoisotopic (exact) mass is 509 g/mol. The molecule has 1 atom stereocenters. The number of hydrogen-bond acceptors (Lipinski definition) is 4. The van der Waals surface area contributed by atoms with Gasteiger partial charge in [0.2, 0.25) is 11.8 Å². The molecule has 0 bridgehead atoms. The predicted molar refractivity (Wildman–Crippen MR) is 118 cm³/mol. The zero-order valence-electron chi connectivity index (χ0n) is 15.6. The van der Waals surface area contributed by atoms with Crippen LogP contribution in [0.4, 0.5) is 24.5 Å². The summed E-state index contributed by atoms with van der Waals surface area (Å²) in [6.45, 7) is 0. The highest BCUT2D eigenvalue weighted by Gasteiger charge is 2.41. The van der Waals surface area contributed by atoms with Crippen LogP contribution in [0.1, 0.15) is 12.0 Å². The van der Waals surface area contributed by atoms with E-state index in [0.717, 1.165) is 28.8 Å². The van der Waals surface area contributed by atoms with E-state index in [1.54, 1.807) is 0 Å². The third-order valence-electron chi connectivity index (χ3n) is 4.19. The summed E-state index contributed by atoms with van der Waals surface area (Å²) < 4.78 is 39.2. The van der Waals surface area contributed by atoms with Gasteiger partial charge in [-0.3, -0.25) is 14.6 Å². The van der Waals surface area contributed by atoms with Crippen molar-refractivity contribution in [2.75, 3.05) is 17.3 Å². The molecule has 1 N–H and O–H groups in total. The van der Waals surface area contributed by atoms with Crippen LogP contribution >= 0.6 is 46.6 Å². The number of thioether (sulfide) groups is 1. The number of nitrogens with one attached hydrogen (secondary N) is 1. The molecule has 12 heteroatoms. The number of nitrogens with zero attached hydrogens (tertiary/aromatic N) is 2. The molecule has 0 unspecified atom stereocenters. The maximum absolute atomic E-state index is 13.1. The van der Waals surface area contributed by atoms with Crippen molar-refractivity contribution in [1.29, 1.82) is 0 Å². The van der Waals surface area contributed by atoms with E-state index < -0.39 is 33.8 Å². The minimum atomic E-state index is -4.63. The zero-order chi connectivity index (χ0) is 22.9. The van der Waals surface area contributed by atoms with Crippen molar-refractivity contribution < 1.29 is 22.8 Å². The van der Waals surface area contributed by atoms with Crippen LogP contribution in [0.25, 0.3) is 0 Å². The van der Waals surface area contributed by atoms with Gasteiger partial charge in [0.1, 0.15) is 5.25 Å².